The zero-order valence-electron chi connectivity index (χ0n) is 10.7. The minimum absolute atomic E-state index is 0.337. The second-order valence-electron chi connectivity index (χ2n) is 5.92. The van der Waals surface area contributed by atoms with E-state index in [1.807, 2.05) is 27.7 Å². The quantitative estimate of drug-likeness (QED) is 0.815. The van der Waals surface area contributed by atoms with Gasteiger partial charge in [0.15, 0.2) is 0 Å². The SMILES string of the molecule is CC1(C)CC(O)(c2cccc(F)c2)C(C)(C)O1. The molecule has 94 valence electrons. The maximum atomic E-state index is 13.3. The summed E-state index contributed by atoms with van der Waals surface area (Å²) >= 11 is 0. The van der Waals surface area contributed by atoms with E-state index in [-0.39, 0.29) is 5.82 Å². The molecule has 3 heteroatoms. The Kier molecular flexibility index (Phi) is 2.60. The standard InChI is InChI=1S/C14H19FO2/c1-12(2)9-14(16,13(3,4)17-12)10-6-5-7-11(15)8-10/h5-8,16H,9H2,1-4H3. The topological polar surface area (TPSA) is 29.5 Å². The summed E-state index contributed by atoms with van der Waals surface area (Å²) in [5.74, 6) is -0.337. The maximum absolute atomic E-state index is 13.3. The summed E-state index contributed by atoms with van der Waals surface area (Å²) in [6, 6.07) is 6.12. The molecule has 17 heavy (non-hydrogen) atoms. The molecule has 1 heterocycles. The van der Waals surface area contributed by atoms with Crippen molar-refractivity contribution in [1.29, 1.82) is 0 Å². The van der Waals surface area contributed by atoms with Gasteiger partial charge in [0.2, 0.25) is 0 Å². The van der Waals surface area contributed by atoms with E-state index in [0.29, 0.717) is 12.0 Å². The number of aliphatic hydroxyl groups is 1. The molecule has 1 aromatic rings. The summed E-state index contributed by atoms with van der Waals surface area (Å²) in [4.78, 5) is 0. The lowest BCUT2D eigenvalue weighted by atomic mass is 9.77. The average Bonchev–Trinajstić information content (AvgIpc) is 2.31. The number of benzene rings is 1. The summed E-state index contributed by atoms with van der Waals surface area (Å²) in [5.41, 5.74) is -1.72. The highest BCUT2D eigenvalue weighted by Gasteiger charge is 2.57. The van der Waals surface area contributed by atoms with Crippen LogP contribution in [0, 0.1) is 5.82 Å². The van der Waals surface area contributed by atoms with Gasteiger partial charge in [0.1, 0.15) is 11.4 Å². The first-order valence-electron chi connectivity index (χ1n) is 5.85. The maximum Gasteiger partial charge on any atom is 0.123 e. The molecule has 0 radical (unpaired) electrons. The van der Waals surface area contributed by atoms with E-state index in [4.69, 9.17) is 4.74 Å². The fraction of sp³-hybridized carbons (Fsp3) is 0.571. The zero-order chi connectivity index (χ0) is 12.9. The summed E-state index contributed by atoms with van der Waals surface area (Å²) in [5, 5.41) is 10.9. The van der Waals surface area contributed by atoms with Crippen molar-refractivity contribution in [2.45, 2.75) is 50.9 Å². The van der Waals surface area contributed by atoms with Crippen LogP contribution < -0.4 is 0 Å². The van der Waals surface area contributed by atoms with Crippen molar-refractivity contribution in [2.24, 2.45) is 0 Å². The lowest BCUT2D eigenvalue weighted by molar-refractivity contribution is -0.129. The molecule has 0 amide bonds. The summed E-state index contributed by atoms with van der Waals surface area (Å²) in [7, 11) is 0. The molecule has 2 rings (SSSR count). The Balaban J connectivity index is 2.49. The van der Waals surface area contributed by atoms with Crippen molar-refractivity contribution in [3.05, 3.63) is 35.6 Å². The number of rotatable bonds is 1. The fourth-order valence-corrected chi connectivity index (χ4v) is 2.84. The predicted molar refractivity (Wildman–Crippen MR) is 64.2 cm³/mol. The summed E-state index contributed by atoms with van der Waals surface area (Å²) in [6.07, 6.45) is 0.455. The molecule has 0 bridgehead atoms. The van der Waals surface area contributed by atoms with E-state index in [2.05, 4.69) is 0 Å². The van der Waals surface area contributed by atoms with Gasteiger partial charge in [0, 0.05) is 6.42 Å². The van der Waals surface area contributed by atoms with Crippen LogP contribution >= 0.6 is 0 Å². The van der Waals surface area contributed by atoms with Crippen LogP contribution in [0.2, 0.25) is 0 Å². The highest BCUT2D eigenvalue weighted by atomic mass is 19.1. The van der Waals surface area contributed by atoms with E-state index in [0.717, 1.165) is 0 Å². The van der Waals surface area contributed by atoms with Gasteiger partial charge in [-0.05, 0) is 45.4 Å². The van der Waals surface area contributed by atoms with Gasteiger partial charge in [-0.3, -0.25) is 0 Å². The van der Waals surface area contributed by atoms with Crippen molar-refractivity contribution in [2.75, 3.05) is 0 Å². The lowest BCUT2D eigenvalue weighted by Gasteiger charge is -2.35. The van der Waals surface area contributed by atoms with Gasteiger partial charge in [-0.2, -0.15) is 0 Å². The van der Waals surface area contributed by atoms with Crippen LogP contribution in [0.15, 0.2) is 24.3 Å². The number of hydrogen-bond donors (Lipinski definition) is 1. The Bertz CT molecular complexity index is 440. The Morgan fingerprint density at radius 2 is 1.88 bits per heavy atom. The third kappa shape index (κ3) is 1.98. The van der Waals surface area contributed by atoms with Crippen LogP contribution in [0.5, 0.6) is 0 Å². The van der Waals surface area contributed by atoms with Crippen molar-refractivity contribution >= 4 is 0 Å². The van der Waals surface area contributed by atoms with Gasteiger partial charge in [-0.25, -0.2) is 4.39 Å². The number of hydrogen-bond acceptors (Lipinski definition) is 2. The van der Waals surface area contributed by atoms with Crippen molar-refractivity contribution in [3.63, 3.8) is 0 Å². The highest BCUT2D eigenvalue weighted by Crippen LogP contribution is 2.50. The number of halogens is 1. The van der Waals surface area contributed by atoms with Crippen molar-refractivity contribution in [1.82, 2.24) is 0 Å². The molecule has 1 aromatic carbocycles. The smallest absolute Gasteiger partial charge is 0.123 e. The van der Waals surface area contributed by atoms with Crippen molar-refractivity contribution in [3.8, 4) is 0 Å². The number of ether oxygens (including phenoxy) is 1. The summed E-state index contributed by atoms with van der Waals surface area (Å²) in [6.45, 7) is 7.55. The van der Waals surface area contributed by atoms with E-state index in [9.17, 15) is 9.50 Å². The van der Waals surface area contributed by atoms with Crippen molar-refractivity contribution < 1.29 is 14.2 Å². The van der Waals surface area contributed by atoms with Crippen LogP contribution in [-0.4, -0.2) is 16.3 Å². The molecular formula is C14H19FO2. The Morgan fingerprint density at radius 1 is 1.24 bits per heavy atom. The van der Waals surface area contributed by atoms with Crippen LogP contribution in [0.4, 0.5) is 4.39 Å². The van der Waals surface area contributed by atoms with Crippen LogP contribution in [0.3, 0.4) is 0 Å². The molecule has 0 saturated carbocycles. The molecule has 1 atom stereocenters. The molecular weight excluding hydrogens is 219 g/mol. The zero-order valence-corrected chi connectivity index (χ0v) is 10.7. The largest absolute Gasteiger partial charge is 0.382 e. The molecule has 1 fully saturated rings. The van der Waals surface area contributed by atoms with Gasteiger partial charge in [0.25, 0.3) is 0 Å². The lowest BCUT2D eigenvalue weighted by Crippen LogP contribution is -2.43. The Labute approximate surface area is 101 Å². The second kappa shape index (κ2) is 3.53. The van der Waals surface area contributed by atoms with Crippen LogP contribution in [-0.2, 0) is 10.3 Å². The fourth-order valence-electron chi connectivity index (χ4n) is 2.84. The molecule has 1 saturated heterocycles. The molecule has 2 nitrogen and oxygen atoms in total. The van der Waals surface area contributed by atoms with E-state index < -0.39 is 16.8 Å². The Hall–Kier alpha value is -0.930. The van der Waals surface area contributed by atoms with E-state index in [1.165, 1.54) is 12.1 Å². The monoisotopic (exact) mass is 238 g/mol. The van der Waals surface area contributed by atoms with Gasteiger partial charge in [0.05, 0.1) is 11.2 Å². The normalized spacial score (nSPS) is 30.5. The van der Waals surface area contributed by atoms with Gasteiger partial charge >= 0.3 is 0 Å². The molecule has 1 N–H and O–H groups in total. The molecule has 1 unspecified atom stereocenters. The van der Waals surface area contributed by atoms with Crippen LogP contribution in [0.25, 0.3) is 0 Å². The first-order chi connectivity index (χ1) is 7.66. The molecule has 1 aliphatic rings. The van der Waals surface area contributed by atoms with Crippen LogP contribution in [0.1, 0.15) is 39.7 Å². The molecule has 0 aliphatic carbocycles. The van der Waals surface area contributed by atoms with Gasteiger partial charge < -0.3 is 9.84 Å². The first-order valence-corrected chi connectivity index (χ1v) is 5.85. The first kappa shape index (κ1) is 12.5. The van der Waals surface area contributed by atoms with E-state index >= 15 is 0 Å². The summed E-state index contributed by atoms with van der Waals surface area (Å²) < 4.78 is 19.2. The highest BCUT2D eigenvalue weighted by molar-refractivity contribution is 5.29. The van der Waals surface area contributed by atoms with E-state index in [1.54, 1.807) is 12.1 Å². The third-order valence-electron chi connectivity index (χ3n) is 3.51. The second-order valence-corrected chi connectivity index (χ2v) is 5.92. The predicted octanol–water partition coefficient (Wildman–Crippen LogP) is 2.99. The average molecular weight is 238 g/mol. The van der Waals surface area contributed by atoms with Gasteiger partial charge in [-0.1, -0.05) is 12.1 Å². The molecule has 1 aliphatic heterocycles. The minimum atomic E-state index is -1.15. The Morgan fingerprint density at radius 3 is 2.35 bits per heavy atom. The molecule has 0 spiro atoms. The molecule has 0 aromatic heterocycles. The minimum Gasteiger partial charge on any atom is -0.382 e. The third-order valence-corrected chi connectivity index (χ3v) is 3.51. The van der Waals surface area contributed by atoms with Gasteiger partial charge in [-0.15, -0.1) is 0 Å².